The molecule has 3 aromatic heterocycles. The van der Waals surface area contributed by atoms with Gasteiger partial charge in [0.05, 0.1) is 0 Å². The molecule has 3 heterocycles. The van der Waals surface area contributed by atoms with Crippen LogP contribution in [0.3, 0.4) is 0 Å². The van der Waals surface area contributed by atoms with E-state index in [9.17, 15) is 0 Å². The van der Waals surface area contributed by atoms with Gasteiger partial charge in [0.2, 0.25) is 0 Å². The first kappa shape index (κ1) is 29.0. The maximum absolute atomic E-state index is 5.11. The average molecular weight is 674 g/mol. The second kappa shape index (κ2) is 11.8. The van der Waals surface area contributed by atoms with E-state index >= 15 is 0 Å². The van der Waals surface area contributed by atoms with Crippen molar-refractivity contribution >= 4 is 63.0 Å². The molecule has 0 unspecified atom stereocenters. The van der Waals surface area contributed by atoms with E-state index in [0.29, 0.717) is 17.5 Å². The Morgan fingerprint density at radius 2 is 0.640 bits per heavy atom. The largest absolute Gasteiger partial charge is 0.208 e. The predicted octanol–water partition coefficient (Wildman–Crippen LogP) is 12.9. The molecule has 0 bridgehead atoms. The van der Waals surface area contributed by atoms with Gasteiger partial charge in [-0.25, -0.2) is 15.0 Å². The van der Waals surface area contributed by atoms with E-state index in [1.54, 1.807) is 0 Å². The summed E-state index contributed by atoms with van der Waals surface area (Å²) in [5.74, 6) is 1.95. The third kappa shape index (κ3) is 5.07. The highest BCUT2D eigenvalue weighted by Crippen LogP contribution is 2.40. The van der Waals surface area contributed by atoms with Gasteiger partial charge in [0.15, 0.2) is 17.5 Å². The fourth-order valence-electron chi connectivity index (χ4n) is 6.84. The minimum absolute atomic E-state index is 0.645. The van der Waals surface area contributed by atoms with Crippen LogP contribution in [0, 0.1) is 0 Å². The Hall–Kier alpha value is -6.01. The first-order valence-corrected chi connectivity index (χ1v) is 18.2. The lowest BCUT2D eigenvalue weighted by molar-refractivity contribution is 1.07. The summed E-state index contributed by atoms with van der Waals surface area (Å²) in [6.07, 6.45) is 0. The second-order valence-electron chi connectivity index (χ2n) is 12.5. The highest BCUT2D eigenvalue weighted by atomic mass is 32.1. The Morgan fingerprint density at radius 1 is 0.260 bits per heavy atom. The van der Waals surface area contributed by atoms with Gasteiger partial charge in [-0.2, -0.15) is 0 Å². The van der Waals surface area contributed by atoms with Crippen molar-refractivity contribution in [1.29, 1.82) is 0 Å². The zero-order valence-electron chi connectivity index (χ0n) is 26.7. The Morgan fingerprint density at radius 3 is 1.12 bits per heavy atom. The molecule has 0 aliphatic heterocycles. The summed E-state index contributed by atoms with van der Waals surface area (Å²) in [6, 6.07) is 58.1. The van der Waals surface area contributed by atoms with E-state index in [1.165, 1.54) is 40.3 Å². The maximum atomic E-state index is 5.11. The normalized spacial score (nSPS) is 11.6. The third-order valence-corrected chi connectivity index (χ3v) is 11.6. The zero-order valence-corrected chi connectivity index (χ0v) is 28.4. The van der Waals surface area contributed by atoms with Crippen LogP contribution < -0.4 is 0 Å². The quantitative estimate of drug-likeness (QED) is 0.182. The number of aromatic nitrogens is 3. The molecule has 5 heteroatoms. The number of fused-ring (bicyclic) bond motifs is 6. The number of thiophene rings is 2. The van der Waals surface area contributed by atoms with Gasteiger partial charge in [-0.1, -0.05) is 121 Å². The minimum atomic E-state index is 0.645. The topological polar surface area (TPSA) is 38.7 Å². The molecule has 0 spiro atoms. The van der Waals surface area contributed by atoms with Gasteiger partial charge in [0.1, 0.15) is 0 Å². The van der Waals surface area contributed by atoms with Crippen molar-refractivity contribution in [2.24, 2.45) is 0 Å². The fourth-order valence-corrected chi connectivity index (χ4v) is 9.13. The zero-order chi connectivity index (χ0) is 33.0. The molecule has 0 radical (unpaired) electrons. The van der Waals surface area contributed by atoms with Gasteiger partial charge >= 0.3 is 0 Å². The monoisotopic (exact) mass is 673 g/mol. The molecule has 10 aromatic rings. The van der Waals surface area contributed by atoms with Crippen LogP contribution in [0.2, 0.25) is 0 Å². The molecular weight excluding hydrogens is 647 g/mol. The van der Waals surface area contributed by atoms with Crippen molar-refractivity contribution < 1.29 is 0 Å². The van der Waals surface area contributed by atoms with E-state index in [4.69, 9.17) is 15.0 Å². The number of hydrogen-bond donors (Lipinski definition) is 0. The molecule has 0 saturated carbocycles. The van der Waals surface area contributed by atoms with Crippen LogP contribution in [0.5, 0.6) is 0 Å². The Bertz CT molecular complexity index is 2680. The average Bonchev–Trinajstić information content (AvgIpc) is 3.76. The Labute approximate surface area is 296 Å². The summed E-state index contributed by atoms with van der Waals surface area (Å²) in [7, 11) is 0. The number of rotatable bonds is 5. The molecule has 3 nitrogen and oxygen atoms in total. The maximum Gasteiger partial charge on any atom is 0.164 e. The Balaban J connectivity index is 1.20. The highest BCUT2D eigenvalue weighted by Gasteiger charge is 2.16. The molecule has 0 atom stereocenters. The minimum Gasteiger partial charge on any atom is -0.208 e. The molecule has 0 fully saturated rings. The summed E-state index contributed by atoms with van der Waals surface area (Å²) in [5, 5.41) is 5.19. The van der Waals surface area contributed by atoms with E-state index in [-0.39, 0.29) is 0 Å². The lowest BCUT2D eigenvalue weighted by Gasteiger charge is -2.13. The van der Waals surface area contributed by atoms with Gasteiger partial charge in [0.25, 0.3) is 0 Å². The van der Waals surface area contributed by atoms with Crippen LogP contribution in [0.1, 0.15) is 0 Å². The van der Waals surface area contributed by atoms with Crippen LogP contribution in [0.4, 0.5) is 0 Å². The summed E-state index contributed by atoms with van der Waals surface area (Å²) in [6.45, 7) is 0. The smallest absolute Gasteiger partial charge is 0.164 e. The Kier molecular flexibility index (Phi) is 6.86. The van der Waals surface area contributed by atoms with Crippen LogP contribution in [-0.4, -0.2) is 15.0 Å². The third-order valence-electron chi connectivity index (χ3n) is 9.31. The van der Waals surface area contributed by atoms with Gasteiger partial charge in [-0.15, -0.1) is 22.7 Å². The van der Waals surface area contributed by atoms with Crippen molar-refractivity contribution in [2.45, 2.75) is 0 Å². The molecule has 0 saturated heterocycles. The highest BCUT2D eigenvalue weighted by molar-refractivity contribution is 7.26. The molecule has 234 valence electrons. The first-order valence-electron chi connectivity index (χ1n) is 16.6. The first-order chi connectivity index (χ1) is 24.7. The summed E-state index contributed by atoms with van der Waals surface area (Å²) < 4.78 is 5.16. The van der Waals surface area contributed by atoms with Crippen molar-refractivity contribution in [3.05, 3.63) is 164 Å². The molecule has 10 rings (SSSR count). The SMILES string of the molecule is c1ccc(-c2nc(-c3ccccc3)nc(-c3cc(-c4ccc5c(c4)sc4ccccc45)cc(-c4ccc5c(c4)sc4ccccc45)c3)n2)cc1. The number of benzene rings is 7. The standard InChI is InChI=1S/C45H27N3S2/c1-3-11-28(12-4-1)43-46-44(29-13-5-2-6-14-29)48-45(47-43)34-24-32(30-19-21-37-35-15-7-9-17-39(35)49-41(37)26-30)23-33(25-34)31-20-22-38-36-16-8-10-18-40(36)50-42(38)27-31/h1-27H. The van der Waals surface area contributed by atoms with Crippen molar-refractivity contribution in [3.63, 3.8) is 0 Å². The number of nitrogens with zero attached hydrogens (tertiary/aromatic N) is 3. The van der Waals surface area contributed by atoms with E-state index in [2.05, 4.69) is 127 Å². The van der Waals surface area contributed by atoms with Gasteiger partial charge in [-0.05, 0) is 64.7 Å². The second-order valence-corrected chi connectivity index (χ2v) is 14.6. The van der Waals surface area contributed by atoms with Gasteiger partial charge in [0, 0.05) is 57.0 Å². The number of hydrogen-bond acceptors (Lipinski definition) is 5. The molecular formula is C45H27N3S2. The molecule has 0 amide bonds. The fraction of sp³-hybridized carbons (Fsp3) is 0. The van der Waals surface area contributed by atoms with Crippen LogP contribution in [0.25, 0.3) is 96.8 Å². The molecule has 0 aliphatic rings. The van der Waals surface area contributed by atoms with Gasteiger partial charge < -0.3 is 0 Å². The van der Waals surface area contributed by atoms with Crippen molar-refractivity contribution in [1.82, 2.24) is 15.0 Å². The van der Waals surface area contributed by atoms with E-state index in [0.717, 1.165) is 38.9 Å². The molecule has 50 heavy (non-hydrogen) atoms. The van der Waals surface area contributed by atoms with Crippen molar-refractivity contribution in [3.8, 4) is 56.4 Å². The predicted molar refractivity (Wildman–Crippen MR) is 213 cm³/mol. The van der Waals surface area contributed by atoms with E-state index < -0.39 is 0 Å². The van der Waals surface area contributed by atoms with E-state index in [1.807, 2.05) is 59.1 Å². The summed E-state index contributed by atoms with van der Waals surface area (Å²) in [5.41, 5.74) is 7.42. The van der Waals surface area contributed by atoms with Gasteiger partial charge in [-0.3, -0.25) is 0 Å². The van der Waals surface area contributed by atoms with Crippen LogP contribution in [-0.2, 0) is 0 Å². The lowest BCUT2D eigenvalue weighted by Crippen LogP contribution is -2.00. The van der Waals surface area contributed by atoms with Crippen LogP contribution >= 0.6 is 22.7 Å². The lowest BCUT2D eigenvalue weighted by atomic mass is 9.95. The van der Waals surface area contributed by atoms with Crippen LogP contribution in [0.15, 0.2) is 164 Å². The summed E-state index contributed by atoms with van der Waals surface area (Å²) in [4.78, 5) is 15.2. The molecule has 7 aromatic carbocycles. The molecule has 0 aliphatic carbocycles. The molecule has 0 N–H and O–H groups in total. The van der Waals surface area contributed by atoms with Crippen molar-refractivity contribution in [2.75, 3.05) is 0 Å². The summed E-state index contributed by atoms with van der Waals surface area (Å²) >= 11 is 3.69.